The minimum Gasteiger partial charge on any atom is -0.381 e. The second-order valence-corrected chi connectivity index (χ2v) is 4.43. The Labute approximate surface area is 113 Å². The number of nitrogens with zero attached hydrogens (tertiary/aromatic N) is 1. The number of hydrogen-bond donors (Lipinski definition) is 1. The van der Waals surface area contributed by atoms with Gasteiger partial charge < -0.3 is 15.0 Å². The summed E-state index contributed by atoms with van der Waals surface area (Å²) in [5, 5.41) is 3.46. The molecule has 0 aromatic heterocycles. The van der Waals surface area contributed by atoms with Crippen molar-refractivity contribution in [2.45, 2.75) is 13.3 Å². The first-order valence-corrected chi connectivity index (χ1v) is 6.27. The predicted molar refractivity (Wildman–Crippen MR) is 75.5 cm³/mol. The van der Waals surface area contributed by atoms with E-state index in [4.69, 9.17) is 16.3 Å². The van der Waals surface area contributed by atoms with Gasteiger partial charge in [-0.25, -0.2) is 0 Å². The number of nitrogens with one attached hydrogen (secondary N) is 1. The van der Waals surface area contributed by atoms with Gasteiger partial charge in [-0.3, -0.25) is 4.79 Å². The lowest BCUT2D eigenvalue weighted by molar-refractivity contribution is -0.117. The number of hydrogen-bond acceptors (Lipinski definition) is 3. The fraction of sp³-hybridized carbons (Fsp3) is 0.462. The normalized spacial score (nSPS) is 10.2. The zero-order valence-corrected chi connectivity index (χ0v) is 11.8. The Morgan fingerprint density at radius 1 is 1.44 bits per heavy atom. The number of anilines is 2. The van der Waals surface area contributed by atoms with Crippen LogP contribution in [0.2, 0.25) is 5.02 Å². The molecule has 0 atom stereocenters. The highest BCUT2D eigenvalue weighted by atomic mass is 35.5. The highest BCUT2D eigenvalue weighted by Gasteiger charge is 2.11. The van der Waals surface area contributed by atoms with E-state index in [9.17, 15) is 4.79 Å². The molecule has 5 heteroatoms. The Morgan fingerprint density at radius 2 is 2.17 bits per heavy atom. The van der Waals surface area contributed by atoms with Crippen LogP contribution in [0.5, 0.6) is 0 Å². The molecule has 100 valence electrons. The lowest BCUT2D eigenvalue weighted by Gasteiger charge is -2.19. The molecule has 1 amide bonds. The number of carbonyl (C=O) groups excluding carboxylic acids is 1. The van der Waals surface area contributed by atoms with Gasteiger partial charge in [-0.2, -0.15) is 0 Å². The van der Waals surface area contributed by atoms with Crippen LogP contribution in [0.3, 0.4) is 0 Å². The Bertz CT molecular complexity index is 408. The van der Waals surface area contributed by atoms with Gasteiger partial charge in [-0.05, 0) is 19.1 Å². The number of rotatable bonds is 6. The fourth-order valence-corrected chi connectivity index (χ4v) is 1.94. The van der Waals surface area contributed by atoms with Crippen LogP contribution in [0, 0.1) is 0 Å². The van der Waals surface area contributed by atoms with Gasteiger partial charge in [0, 0.05) is 20.7 Å². The molecule has 1 aromatic carbocycles. The van der Waals surface area contributed by atoms with Crippen molar-refractivity contribution in [3.63, 3.8) is 0 Å². The highest BCUT2D eigenvalue weighted by molar-refractivity contribution is 6.34. The van der Waals surface area contributed by atoms with Crippen molar-refractivity contribution in [1.29, 1.82) is 0 Å². The molecule has 4 nitrogen and oxygen atoms in total. The van der Waals surface area contributed by atoms with Crippen LogP contribution < -0.4 is 10.2 Å². The first-order chi connectivity index (χ1) is 8.56. The summed E-state index contributed by atoms with van der Waals surface area (Å²) in [4.78, 5) is 13.6. The highest BCUT2D eigenvalue weighted by Crippen LogP contribution is 2.32. The van der Waals surface area contributed by atoms with E-state index in [1.165, 1.54) is 0 Å². The molecule has 0 saturated heterocycles. The molecule has 0 aliphatic carbocycles. The van der Waals surface area contributed by atoms with Crippen LogP contribution in [0.15, 0.2) is 18.2 Å². The Hall–Kier alpha value is -1.26. The number of ether oxygens (including phenoxy) is 1. The van der Waals surface area contributed by atoms with Gasteiger partial charge in [0.05, 0.1) is 29.4 Å². The summed E-state index contributed by atoms with van der Waals surface area (Å²) in [6, 6.07) is 5.44. The molecule has 18 heavy (non-hydrogen) atoms. The molecule has 0 heterocycles. The van der Waals surface area contributed by atoms with Crippen LogP contribution in [0.4, 0.5) is 11.4 Å². The summed E-state index contributed by atoms with van der Waals surface area (Å²) in [6.07, 6.45) is 0.340. The van der Waals surface area contributed by atoms with E-state index in [0.29, 0.717) is 30.3 Å². The second kappa shape index (κ2) is 7.24. The van der Waals surface area contributed by atoms with Gasteiger partial charge in [0.1, 0.15) is 0 Å². The van der Waals surface area contributed by atoms with Crippen LogP contribution >= 0.6 is 11.6 Å². The maximum Gasteiger partial charge on any atom is 0.226 e. The van der Waals surface area contributed by atoms with Crippen molar-refractivity contribution in [3.8, 4) is 0 Å². The van der Waals surface area contributed by atoms with Crippen molar-refractivity contribution in [2.75, 3.05) is 37.5 Å². The van der Waals surface area contributed by atoms with E-state index in [0.717, 1.165) is 5.69 Å². The lowest BCUT2D eigenvalue weighted by Crippen LogP contribution is -2.18. The number of para-hydroxylation sites is 1. The van der Waals surface area contributed by atoms with E-state index in [-0.39, 0.29) is 5.91 Å². The van der Waals surface area contributed by atoms with Crippen LogP contribution in [0.1, 0.15) is 13.3 Å². The molecule has 1 N–H and O–H groups in total. The molecule has 0 spiro atoms. The average molecular weight is 271 g/mol. The average Bonchev–Trinajstić information content (AvgIpc) is 2.28. The van der Waals surface area contributed by atoms with E-state index in [1.54, 1.807) is 6.07 Å². The Balaban J connectivity index is 2.72. The predicted octanol–water partition coefficient (Wildman–Crippen LogP) is 2.77. The molecule has 0 bridgehead atoms. The SMILES string of the molecule is CCOCCC(=O)Nc1cccc(Cl)c1N(C)C. The summed E-state index contributed by atoms with van der Waals surface area (Å²) in [5.74, 6) is -0.0752. The maximum absolute atomic E-state index is 11.7. The zero-order chi connectivity index (χ0) is 13.5. The molecule has 0 unspecified atom stereocenters. The van der Waals surface area contributed by atoms with Gasteiger partial charge >= 0.3 is 0 Å². The van der Waals surface area contributed by atoms with Crippen LogP contribution in [0.25, 0.3) is 0 Å². The summed E-state index contributed by atoms with van der Waals surface area (Å²) in [5.41, 5.74) is 1.53. The van der Waals surface area contributed by atoms with Crippen molar-refractivity contribution in [3.05, 3.63) is 23.2 Å². The Kier molecular flexibility index (Phi) is 5.95. The number of carbonyl (C=O) groups is 1. The van der Waals surface area contributed by atoms with Crippen LogP contribution in [-0.2, 0) is 9.53 Å². The fourth-order valence-electron chi connectivity index (χ4n) is 1.59. The smallest absolute Gasteiger partial charge is 0.226 e. The molecule has 0 radical (unpaired) electrons. The Morgan fingerprint density at radius 3 is 2.78 bits per heavy atom. The number of benzene rings is 1. The van der Waals surface area contributed by atoms with E-state index in [1.807, 2.05) is 38.1 Å². The quantitative estimate of drug-likeness (QED) is 0.808. The minimum atomic E-state index is -0.0752. The first-order valence-electron chi connectivity index (χ1n) is 5.89. The van der Waals surface area contributed by atoms with Gasteiger partial charge in [0.2, 0.25) is 5.91 Å². The molecule has 0 aliphatic rings. The maximum atomic E-state index is 11.7. The molecular formula is C13H19ClN2O2. The molecule has 0 saturated carbocycles. The largest absolute Gasteiger partial charge is 0.381 e. The first kappa shape index (κ1) is 14.8. The standard InChI is InChI=1S/C13H19ClN2O2/c1-4-18-9-8-12(17)15-11-7-5-6-10(14)13(11)16(2)3/h5-7H,4,8-9H2,1-3H3,(H,15,17). The second-order valence-electron chi connectivity index (χ2n) is 4.03. The van der Waals surface area contributed by atoms with Gasteiger partial charge in [-0.15, -0.1) is 0 Å². The van der Waals surface area contributed by atoms with Crippen molar-refractivity contribution in [2.24, 2.45) is 0 Å². The van der Waals surface area contributed by atoms with Gasteiger partial charge in [-0.1, -0.05) is 17.7 Å². The van der Waals surface area contributed by atoms with Gasteiger partial charge in [0.25, 0.3) is 0 Å². The monoisotopic (exact) mass is 270 g/mol. The zero-order valence-electron chi connectivity index (χ0n) is 11.0. The third kappa shape index (κ3) is 4.20. The summed E-state index contributed by atoms with van der Waals surface area (Å²) < 4.78 is 5.15. The van der Waals surface area contributed by atoms with E-state index < -0.39 is 0 Å². The summed E-state index contributed by atoms with van der Waals surface area (Å²) in [7, 11) is 3.77. The summed E-state index contributed by atoms with van der Waals surface area (Å²) >= 11 is 6.12. The van der Waals surface area contributed by atoms with E-state index in [2.05, 4.69) is 5.32 Å². The molecule has 0 fully saturated rings. The molecule has 1 aromatic rings. The minimum absolute atomic E-state index is 0.0752. The number of halogens is 1. The van der Waals surface area contributed by atoms with Gasteiger partial charge in [0.15, 0.2) is 0 Å². The molecule has 0 aliphatic heterocycles. The third-order valence-corrected chi connectivity index (χ3v) is 2.69. The number of amides is 1. The third-order valence-electron chi connectivity index (χ3n) is 2.39. The van der Waals surface area contributed by atoms with Crippen molar-refractivity contribution < 1.29 is 9.53 Å². The van der Waals surface area contributed by atoms with Crippen molar-refractivity contribution >= 4 is 28.9 Å². The molecule has 1 rings (SSSR count). The summed E-state index contributed by atoms with van der Waals surface area (Å²) in [6.45, 7) is 2.95. The van der Waals surface area contributed by atoms with Crippen LogP contribution in [-0.4, -0.2) is 33.2 Å². The lowest BCUT2D eigenvalue weighted by atomic mass is 10.2. The van der Waals surface area contributed by atoms with E-state index >= 15 is 0 Å². The molecular weight excluding hydrogens is 252 g/mol. The topological polar surface area (TPSA) is 41.6 Å². The van der Waals surface area contributed by atoms with Crippen molar-refractivity contribution in [1.82, 2.24) is 0 Å².